The minimum absolute atomic E-state index is 0.0458. The molecule has 1 N–H and O–H groups in total. The number of hydrogen-bond donors (Lipinski definition) is 1. The second kappa shape index (κ2) is 4.20. The molecule has 0 radical (unpaired) electrons. The highest BCUT2D eigenvalue weighted by Gasteiger charge is 2.16. The molecule has 4 nitrogen and oxygen atoms in total. The normalized spacial score (nSPS) is 14.7. The Morgan fingerprint density at radius 1 is 1.47 bits per heavy atom. The third-order valence-electron chi connectivity index (χ3n) is 2.44. The van der Waals surface area contributed by atoms with Crippen LogP contribution in [0.15, 0.2) is 18.2 Å². The summed E-state index contributed by atoms with van der Waals surface area (Å²) in [6.45, 7) is 0.279. The van der Waals surface area contributed by atoms with E-state index in [0.717, 1.165) is 17.1 Å². The van der Waals surface area contributed by atoms with E-state index in [1.165, 1.54) is 0 Å². The van der Waals surface area contributed by atoms with Gasteiger partial charge in [0.2, 0.25) is 6.79 Å². The number of nitrogens with zero attached hydrogens (tertiary/aromatic N) is 1. The number of fused-ring (bicyclic) bond motifs is 1. The fourth-order valence-electron chi connectivity index (χ4n) is 1.61. The lowest BCUT2D eigenvalue weighted by Crippen LogP contribution is -2.15. The maximum Gasteiger partial charge on any atom is 0.231 e. The SMILES string of the molecule is CNC(CC#N)c1ccc2c(c1)OCO2. The first-order chi connectivity index (χ1) is 7.35. The van der Waals surface area contributed by atoms with E-state index < -0.39 is 0 Å². The average molecular weight is 204 g/mol. The van der Waals surface area contributed by atoms with Crippen LogP contribution >= 0.6 is 0 Å². The van der Waals surface area contributed by atoms with Gasteiger partial charge in [0.05, 0.1) is 12.5 Å². The van der Waals surface area contributed by atoms with Crippen molar-refractivity contribution >= 4 is 0 Å². The van der Waals surface area contributed by atoms with Gasteiger partial charge in [-0.1, -0.05) is 6.07 Å². The van der Waals surface area contributed by atoms with Crippen molar-refractivity contribution in [3.05, 3.63) is 23.8 Å². The Balaban J connectivity index is 2.25. The zero-order valence-electron chi connectivity index (χ0n) is 8.49. The van der Waals surface area contributed by atoms with Gasteiger partial charge < -0.3 is 14.8 Å². The monoisotopic (exact) mass is 204 g/mol. The number of rotatable bonds is 3. The van der Waals surface area contributed by atoms with Crippen molar-refractivity contribution in [2.75, 3.05) is 13.8 Å². The van der Waals surface area contributed by atoms with Crippen LogP contribution in [0.5, 0.6) is 11.5 Å². The Labute approximate surface area is 88.4 Å². The molecule has 1 unspecified atom stereocenters. The van der Waals surface area contributed by atoms with Crippen LogP contribution in [0.2, 0.25) is 0 Å². The van der Waals surface area contributed by atoms with E-state index >= 15 is 0 Å². The van der Waals surface area contributed by atoms with Crippen molar-refractivity contribution in [3.63, 3.8) is 0 Å². The zero-order chi connectivity index (χ0) is 10.7. The number of nitriles is 1. The second-order valence-electron chi connectivity index (χ2n) is 3.32. The molecule has 1 atom stereocenters. The van der Waals surface area contributed by atoms with Crippen LogP contribution in [0.4, 0.5) is 0 Å². The van der Waals surface area contributed by atoms with E-state index in [2.05, 4.69) is 11.4 Å². The van der Waals surface area contributed by atoms with Gasteiger partial charge in [0.15, 0.2) is 11.5 Å². The molecule has 1 aliphatic rings. The third kappa shape index (κ3) is 1.88. The fourth-order valence-corrected chi connectivity index (χ4v) is 1.61. The summed E-state index contributed by atoms with van der Waals surface area (Å²) < 4.78 is 10.5. The molecule has 0 aliphatic carbocycles. The molecule has 78 valence electrons. The van der Waals surface area contributed by atoms with Gasteiger partial charge >= 0.3 is 0 Å². The average Bonchev–Trinajstić information content (AvgIpc) is 2.72. The summed E-state index contributed by atoms with van der Waals surface area (Å²) in [5.74, 6) is 1.52. The first-order valence-electron chi connectivity index (χ1n) is 4.79. The minimum Gasteiger partial charge on any atom is -0.454 e. The summed E-state index contributed by atoms with van der Waals surface area (Å²) in [5, 5.41) is 11.8. The van der Waals surface area contributed by atoms with Crippen LogP contribution in [0.1, 0.15) is 18.0 Å². The van der Waals surface area contributed by atoms with Crippen molar-refractivity contribution < 1.29 is 9.47 Å². The van der Waals surface area contributed by atoms with Gasteiger partial charge in [-0.25, -0.2) is 0 Å². The van der Waals surface area contributed by atoms with Gasteiger partial charge in [0.25, 0.3) is 0 Å². The van der Waals surface area contributed by atoms with Crippen LogP contribution < -0.4 is 14.8 Å². The van der Waals surface area contributed by atoms with E-state index in [1.54, 1.807) is 0 Å². The lowest BCUT2D eigenvalue weighted by Gasteiger charge is -2.13. The molecule has 0 aromatic heterocycles. The van der Waals surface area contributed by atoms with Crippen molar-refractivity contribution in [1.82, 2.24) is 5.32 Å². The first-order valence-corrected chi connectivity index (χ1v) is 4.79. The minimum atomic E-state index is 0.0458. The molecule has 15 heavy (non-hydrogen) atoms. The van der Waals surface area contributed by atoms with Gasteiger partial charge in [0.1, 0.15) is 0 Å². The molecule has 1 aromatic carbocycles. The van der Waals surface area contributed by atoms with E-state index in [9.17, 15) is 0 Å². The van der Waals surface area contributed by atoms with E-state index in [0.29, 0.717) is 6.42 Å². The van der Waals surface area contributed by atoms with Gasteiger partial charge in [-0.05, 0) is 24.7 Å². The van der Waals surface area contributed by atoms with E-state index in [1.807, 2.05) is 25.2 Å². The molecular formula is C11H12N2O2. The Kier molecular flexibility index (Phi) is 2.75. The summed E-state index contributed by atoms with van der Waals surface area (Å²) in [4.78, 5) is 0. The highest BCUT2D eigenvalue weighted by molar-refractivity contribution is 5.45. The summed E-state index contributed by atoms with van der Waals surface area (Å²) >= 11 is 0. The van der Waals surface area contributed by atoms with Crippen molar-refractivity contribution in [1.29, 1.82) is 5.26 Å². The molecule has 1 aromatic rings. The first kappa shape index (κ1) is 9.81. The predicted molar refractivity (Wildman–Crippen MR) is 54.6 cm³/mol. The molecular weight excluding hydrogens is 192 g/mol. The number of ether oxygens (including phenoxy) is 2. The van der Waals surface area contributed by atoms with Crippen LogP contribution in [0.25, 0.3) is 0 Å². The molecule has 4 heteroatoms. The summed E-state index contributed by atoms with van der Waals surface area (Å²) in [6, 6.07) is 7.94. The maximum atomic E-state index is 8.68. The summed E-state index contributed by atoms with van der Waals surface area (Å²) in [5.41, 5.74) is 1.04. The second-order valence-corrected chi connectivity index (χ2v) is 3.32. The molecule has 0 amide bonds. The van der Waals surface area contributed by atoms with Crippen LogP contribution in [0, 0.1) is 11.3 Å². The molecule has 1 heterocycles. The van der Waals surface area contributed by atoms with Crippen molar-refractivity contribution in [3.8, 4) is 17.6 Å². The molecule has 0 saturated heterocycles. The number of benzene rings is 1. The Bertz CT molecular complexity index is 398. The quantitative estimate of drug-likeness (QED) is 0.812. The molecule has 2 rings (SSSR count). The van der Waals surface area contributed by atoms with Crippen LogP contribution in [-0.2, 0) is 0 Å². The highest BCUT2D eigenvalue weighted by Crippen LogP contribution is 2.34. The number of nitrogens with one attached hydrogen (secondary N) is 1. The van der Waals surface area contributed by atoms with E-state index in [-0.39, 0.29) is 12.8 Å². The molecule has 1 aliphatic heterocycles. The highest BCUT2D eigenvalue weighted by atomic mass is 16.7. The van der Waals surface area contributed by atoms with Gasteiger partial charge in [0, 0.05) is 6.04 Å². The number of hydrogen-bond acceptors (Lipinski definition) is 4. The largest absolute Gasteiger partial charge is 0.454 e. The van der Waals surface area contributed by atoms with Gasteiger partial charge in [-0.2, -0.15) is 5.26 Å². The van der Waals surface area contributed by atoms with Crippen LogP contribution in [0.3, 0.4) is 0 Å². The molecule has 0 bridgehead atoms. The third-order valence-corrected chi connectivity index (χ3v) is 2.44. The van der Waals surface area contributed by atoms with Gasteiger partial charge in [-0.15, -0.1) is 0 Å². The predicted octanol–water partition coefficient (Wildman–Crippen LogP) is 1.59. The molecule has 0 saturated carbocycles. The molecule has 0 spiro atoms. The van der Waals surface area contributed by atoms with E-state index in [4.69, 9.17) is 14.7 Å². The Morgan fingerprint density at radius 2 is 2.27 bits per heavy atom. The topological polar surface area (TPSA) is 54.3 Å². The van der Waals surface area contributed by atoms with Crippen molar-refractivity contribution in [2.45, 2.75) is 12.5 Å². The lowest BCUT2D eigenvalue weighted by atomic mass is 10.0. The zero-order valence-corrected chi connectivity index (χ0v) is 8.49. The lowest BCUT2D eigenvalue weighted by molar-refractivity contribution is 0.174. The van der Waals surface area contributed by atoms with Crippen LogP contribution in [-0.4, -0.2) is 13.8 Å². The Hall–Kier alpha value is -1.73. The Morgan fingerprint density at radius 3 is 3.00 bits per heavy atom. The summed E-state index contributed by atoms with van der Waals surface area (Å²) in [7, 11) is 1.84. The van der Waals surface area contributed by atoms with Gasteiger partial charge in [-0.3, -0.25) is 0 Å². The maximum absolute atomic E-state index is 8.68. The molecule has 0 fully saturated rings. The smallest absolute Gasteiger partial charge is 0.231 e. The summed E-state index contributed by atoms with van der Waals surface area (Å²) in [6.07, 6.45) is 0.441. The fraction of sp³-hybridized carbons (Fsp3) is 0.364. The van der Waals surface area contributed by atoms with Crippen molar-refractivity contribution in [2.24, 2.45) is 0 Å². The standard InChI is InChI=1S/C11H12N2O2/c1-13-9(4-5-12)8-2-3-10-11(6-8)15-7-14-10/h2-3,6,9,13H,4,7H2,1H3.